The summed E-state index contributed by atoms with van der Waals surface area (Å²) in [4.78, 5) is 12.4. The standard InChI is InChI=1S/C17H17Cl3N2O/c1-11-6-5-8-13(10-11)15(23)22-16(17(18,19)20)21-14-9-4-3-7-12(14)2/h3-10,16,21H,1-2H3,(H,22,23)/t16-/m1/s1. The van der Waals surface area contributed by atoms with Crippen LogP contribution in [0.2, 0.25) is 0 Å². The minimum absolute atomic E-state index is 0.314. The van der Waals surface area contributed by atoms with Gasteiger partial charge in [-0.1, -0.05) is 70.7 Å². The molecule has 6 heteroatoms. The number of amides is 1. The number of nitrogens with one attached hydrogen (secondary N) is 2. The third-order valence-electron chi connectivity index (χ3n) is 3.33. The van der Waals surface area contributed by atoms with Crippen LogP contribution >= 0.6 is 34.8 Å². The molecule has 0 aromatic heterocycles. The van der Waals surface area contributed by atoms with Crippen molar-refractivity contribution in [2.45, 2.75) is 23.8 Å². The van der Waals surface area contributed by atoms with Crippen molar-refractivity contribution >= 4 is 46.4 Å². The van der Waals surface area contributed by atoms with Gasteiger partial charge >= 0.3 is 0 Å². The number of anilines is 1. The lowest BCUT2D eigenvalue weighted by molar-refractivity contribution is 0.0941. The lowest BCUT2D eigenvalue weighted by Gasteiger charge is -2.28. The lowest BCUT2D eigenvalue weighted by atomic mass is 10.1. The number of hydrogen-bond acceptors (Lipinski definition) is 2. The summed E-state index contributed by atoms with van der Waals surface area (Å²) in [5.74, 6) is -0.314. The number of aryl methyl sites for hydroxylation is 2. The van der Waals surface area contributed by atoms with Gasteiger partial charge < -0.3 is 10.6 Å². The van der Waals surface area contributed by atoms with Crippen LogP contribution in [0, 0.1) is 13.8 Å². The molecule has 3 nitrogen and oxygen atoms in total. The monoisotopic (exact) mass is 370 g/mol. The number of halogens is 3. The molecule has 2 aromatic rings. The molecule has 0 aliphatic carbocycles. The van der Waals surface area contributed by atoms with Crippen LogP contribution < -0.4 is 10.6 Å². The van der Waals surface area contributed by atoms with Crippen molar-refractivity contribution in [3.8, 4) is 0 Å². The van der Waals surface area contributed by atoms with Crippen molar-refractivity contribution in [1.82, 2.24) is 5.32 Å². The Balaban J connectivity index is 2.20. The van der Waals surface area contributed by atoms with Crippen LogP contribution in [0.1, 0.15) is 21.5 Å². The predicted molar refractivity (Wildman–Crippen MR) is 97.5 cm³/mol. The zero-order valence-electron chi connectivity index (χ0n) is 12.7. The summed E-state index contributed by atoms with van der Waals surface area (Å²) in [5.41, 5.74) is 3.26. The second kappa shape index (κ2) is 7.43. The fourth-order valence-electron chi connectivity index (χ4n) is 2.09. The van der Waals surface area contributed by atoms with Gasteiger partial charge in [-0.25, -0.2) is 0 Å². The summed E-state index contributed by atoms with van der Waals surface area (Å²) in [6.07, 6.45) is -0.874. The van der Waals surface area contributed by atoms with Crippen molar-refractivity contribution in [1.29, 1.82) is 0 Å². The summed E-state index contributed by atoms with van der Waals surface area (Å²) in [6, 6.07) is 14.8. The fourth-order valence-corrected chi connectivity index (χ4v) is 2.42. The molecule has 0 bridgehead atoms. The van der Waals surface area contributed by atoms with E-state index in [1.165, 1.54) is 0 Å². The van der Waals surface area contributed by atoms with Crippen molar-refractivity contribution in [3.05, 3.63) is 65.2 Å². The van der Waals surface area contributed by atoms with E-state index < -0.39 is 9.96 Å². The first kappa shape index (κ1) is 17.9. The van der Waals surface area contributed by atoms with Crippen LogP contribution in [0.4, 0.5) is 5.69 Å². The highest BCUT2D eigenvalue weighted by atomic mass is 35.6. The van der Waals surface area contributed by atoms with E-state index in [2.05, 4.69) is 10.6 Å². The van der Waals surface area contributed by atoms with Gasteiger partial charge in [0.1, 0.15) is 6.17 Å². The Morgan fingerprint density at radius 2 is 1.74 bits per heavy atom. The van der Waals surface area contributed by atoms with Gasteiger partial charge in [-0.05, 0) is 37.6 Å². The maximum Gasteiger partial charge on any atom is 0.252 e. The highest BCUT2D eigenvalue weighted by molar-refractivity contribution is 6.68. The van der Waals surface area contributed by atoms with Gasteiger partial charge in [0.15, 0.2) is 0 Å². The summed E-state index contributed by atoms with van der Waals surface area (Å²) in [7, 11) is 0. The molecule has 0 spiro atoms. The van der Waals surface area contributed by atoms with E-state index in [1.54, 1.807) is 12.1 Å². The van der Waals surface area contributed by atoms with E-state index in [-0.39, 0.29) is 5.91 Å². The Morgan fingerprint density at radius 3 is 2.35 bits per heavy atom. The summed E-state index contributed by atoms with van der Waals surface area (Å²) in [6.45, 7) is 3.84. The van der Waals surface area contributed by atoms with Gasteiger partial charge in [-0.15, -0.1) is 0 Å². The lowest BCUT2D eigenvalue weighted by Crippen LogP contribution is -2.49. The van der Waals surface area contributed by atoms with Crippen molar-refractivity contribution in [2.24, 2.45) is 0 Å². The largest absolute Gasteiger partial charge is 0.362 e. The number of hydrogen-bond donors (Lipinski definition) is 2. The van der Waals surface area contributed by atoms with E-state index in [9.17, 15) is 4.79 Å². The minimum atomic E-state index is -1.71. The van der Waals surface area contributed by atoms with Gasteiger partial charge in [0.05, 0.1) is 0 Å². The van der Waals surface area contributed by atoms with E-state index >= 15 is 0 Å². The van der Waals surface area contributed by atoms with Crippen LogP contribution in [-0.4, -0.2) is 15.9 Å². The number of para-hydroxylation sites is 1. The molecule has 1 amide bonds. The Kier molecular flexibility index (Phi) is 5.79. The van der Waals surface area contributed by atoms with Crippen LogP contribution in [0.15, 0.2) is 48.5 Å². The van der Waals surface area contributed by atoms with E-state index in [0.29, 0.717) is 5.56 Å². The molecule has 1 atom stereocenters. The second-order valence-corrected chi connectivity index (χ2v) is 7.65. The molecule has 0 saturated heterocycles. The van der Waals surface area contributed by atoms with Crippen LogP contribution in [0.5, 0.6) is 0 Å². The zero-order chi connectivity index (χ0) is 17.0. The summed E-state index contributed by atoms with van der Waals surface area (Å²) >= 11 is 18.1. The van der Waals surface area contributed by atoms with Gasteiger partial charge in [0.25, 0.3) is 5.91 Å². The number of alkyl halides is 3. The van der Waals surface area contributed by atoms with Gasteiger partial charge in [0, 0.05) is 11.3 Å². The average Bonchev–Trinajstić information content (AvgIpc) is 2.47. The van der Waals surface area contributed by atoms with Gasteiger partial charge in [0.2, 0.25) is 3.79 Å². The van der Waals surface area contributed by atoms with Crippen molar-refractivity contribution in [3.63, 3.8) is 0 Å². The smallest absolute Gasteiger partial charge is 0.252 e. The maximum atomic E-state index is 12.4. The number of rotatable bonds is 4. The van der Waals surface area contributed by atoms with Crippen molar-refractivity contribution < 1.29 is 4.79 Å². The Hall–Kier alpha value is -1.42. The highest BCUT2D eigenvalue weighted by Crippen LogP contribution is 2.31. The molecule has 23 heavy (non-hydrogen) atoms. The highest BCUT2D eigenvalue weighted by Gasteiger charge is 2.34. The molecule has 0 saturated carbocycles. The predicted octanol–water partition coefficient (Wildman–Crippen LogP) is 4.84. The fraction of sp³-hybridized carbons (Fsp3) is 0.235. The van der Waals surface area contributed by atoms with E-state index in [4.69, 9.17) is 34.8 Å². The molecule has 0 heterocycles. The van der Waals surface area contributed by atoms with E-state index in [0.717, 1.165) is 16.8 Å². The molecule has 0 unspecified atom stereocenters. The summed E-state index contributed by atoms with van der Waals surface area (Å²) < 4.78 is -1.71. The first-order chi connectivity index (χ1) is 10.8. The quantitative estimate of drug-likeness (QED) is 0.596. The first-order valence-electron chi connectivity index (χ1n) is 7.04. The van der Waals surface area contributed by atoms with Crippen LogP contribution in [-0.2, 0) is 0 Å². The number of benzene rings is 2. The molecular formula is C17H17Cl3N2O. The van der Waals surface area contributed by atoms with E-state index in [1.807, 2.05) is 50.2 Å². The Bertz CT molecular complexity index is 698. The van der Waals surface area contributed by atoms with Gasteiger partial charge in [-0.2, -0.15) is 0 Å². The second-order valence-electron chi connectivity index (χ2n) is 5.28. The molecule has 2 N–H and O–H groups in total. The minimum Gasteiger partial charge on any atom is -0.362 e. The molecule has 2 aromatic carbocycles. The summed E-state index contributed by atoms with van der Waals surface area (Å²) in [5, 5.41) is 5.81. The topological polar surface area (TPSA) is 41.1 Å². The molecule has 122 valence electrons. The number of carbonyl (C=O) groups is 1. The molecule has 0 aliphatic rings. The third kappa shape index (κ3) is 5.03. The maximum absolute atomic E-state index is 12.4. The third-order valence-corrected chi connectivity index (χ3v) is 3.98. The number of carbonyl (C=O) groups excluding carboxylic acids is 1. The first-order valence-corrected chi connectivity index (χ1v) is 8.17. The normalized spacial score (nSPS) is 12.6. The molecule has 0 aliphatic heterocycles. The van der Waals surface area contributed by atoms with Crippen LogP contribution in [0.3, 0.4) is 0 Å². The SMILES string of the molecule is Cc1cccc(C(=O)N[C@@H](Nc2ccccc2C)C(Cl)(Cl)Cl)c1. The molecule has 0 fully saturated rings. The average molecular weight is 372 g/mol. The molecule has 2 rings (SSSR count). The zero-order valence-corrected chi connectivity index (χ0v) is 15.0. The Labute approximate surface area is 150 Å². The van der Waals surface area contributed by atoms with Crippen LogP contribution in [0.25, 0.3) is 0 Å². The van der Waals surface area contributed by atoms with Crippen molar-refractivity contribution in [2.75, 3.05) is 5.32 Å². The van der Waals surface area contributed by atoms with Gasteiger partial charge in [-0.3, -0.25) is 4.79 Å². The molecule has 0 radical (unpaired) electrons. The molecular weight excluding hydrogens is 355 g/mol. The Morgan fingerprint density at radius 1 is 1.04 bits per heavy atom.